The predicted octanol–water partition coefficient (Wildman–Crippen LogP) is 6.53. The second kappa shape index (κ2) is 11.3. The fraction of sp³-hybridized carbons (Fsp3) is 0.250. The number of allylic oxidation sites excluding steroid dienone is 2. The summed E-state index contributed by atoms with van der Waals surface area (Å²) < 4.78 is 73.4. The van der Waals surface area contributed by atoms with Gasteiger partial charge in [0.05, 0.1) is 22.4 Å². The number of nitro benzene ring substituents is 1. The van der Waals surface area contributed by atoms with E-state index >= 15 is 8.78 Å². The van der Waals surface area contributed by atoms with Crippen LogP contribution in [0, 0.1) is 57.0 Å². The monoisotopic (exact) mass is 799 g/mol. The molecule has 6 atom stereocenters. The fourth-order valence-corrected chi connectivity index (χ4v) is 8.95. The SMILES string of the molecule is O=C1C2CC=C3C(CC4(Cl)C(=O)N(c5c(F)c(F)c(F)c(F)c5F)C(=O)C4(Cl)C3c3cc(Br)ccc3O)C2C(=O)N1c1ccc([N+](=O)[O-])cc1. The van der Waals surface area contributed by atoms with Gasteiger partial charge in [-0.2, -0.15) is 0 Å². The topological polar surface area (TPSA) is 138 Å². The summed E-state index contributed by atoms with van der Waals surface area (Å²) in [4.78, 5) is 61.8. The molecule has 0 bridgehead atoms. The number of aromatic hydroxyl groups is 1. The molecule has 18 heteroatoms. The lowest BCUT2D eigenvalue weighted by Crippen LogP contribution is -2.60. The third-order valence-corrected chi connectivity index (χ3v) is 11.7. The van der Waals surface area contributed by atoms with E-state index in [1.54, 1.807) is 0 Å². The first-order valence-corrected chi connectivity index (χ1v) is 16.1. The van der Waals surface area contributed by atoms with Crippen LogP contribution in [-0.2, 0) is 19.2 Å². The number of hydrogen-bond acceptors (Lipinski definition) is 7. The molecule has 1 saturated carbocycles. The van der Waals surface area contributed by atoms with Crippen molar-refractivity contribution in [3.8, 4) is 5.75 Å². The number of nitrogens with zero attached hydrogens (tertiary/aromatic N) is 3. The van der Waals surface area contributed by atoms with Crippen molar-refractivity contribution in [3.05, 3.63) is 103 Å². The molecule has 2 aliphatic carbocycles. The second-order valence-corrected chi connectivity index (χ2v) is 14.3. The van der Waals surface area contributed by atoms with E-state index < -0.39 is 109 Å². The van der Waals surface area contributed by atoms with Gasteiger partial charge in [-0.05, 0) is 49.1 Å². The predicted molar refractivity (Wildman–Crippen MR) is 168 cm³/mol. The van der Waals surface area contributed by atoms with E-state index in [-0.39, 0.29) is 33.8 Å². The number of alkyl halides is 2. The van der Waals surface area contributed by atoms with Gasteiger partial charge in [0.1, 0.15) is 11.4 Å². The largest absolute Gasteiger partial charge is 0.508 e. The number of hydrogen-bond donors (Lipinski definition) is 1. The first-order chi connectivity index (χ1) is 23.5. The number of carbonyl (C=O) groups is 4. The van der Waals surface area contributed by atoms with Crippen molar-refractivity contribution in [1.29, 1.82) is 0 Å². The number of amides is 4. The smallest absolute Gasteiger partial charge is 0.269 e. The Morgan fingerprint density at radius 3 is 2.04 bits per heavy atom. The molecule has 4 aliphatic rings. The Kier molecular flexibility index (Phi) is 7.70. The molecule has 2 saturated heterocycles. The van der Waals surface area contributed by atoms with Crippen LogP contribution in [0.2, 0.25) is 0 Å². The van der Waals surface area contributed by atoms with E-state index in [0.717, 1.165) is 17.0 Å². The van der Waals surface area contributed by atoms with E-state index in [1.807, 2.05) is 0 Å². The molecule has 0 radical (unpaired) electrons. The molecule has 2 aliphatic heterocycles. The van der Waals surface area contributed by atoms with Crippen molar-refractivity contribution < 1.29 is 51.2 Å². The molecule has 3 aromatic rings. The number of phenols is 1. The number of imide groups is 2. The van der Waals surface area contributed by atoms with E-state index in [0.29, 0.717) is 4.47 Å². The third kappa shape index (κ3) is 4.30. The van der Waals surface area contributed by atoms with Crippen LogP contribution >= 0.6 is 39.1 Å². The van der Waals surface area contributed by atoms with E-state index in [9.17, 15) is 47.6 Å². The Bertz CT molecular complexity index is 2130. The Balaban J connectivity index is 1.42. The first-order valence-electron chi connectivity index (χ1n) is 14.6. The van der Waals surface area contributed by atoms with Crippen LogP contribution in [-0.4, -0.2) is 43.4 Å². The minimum Gasteiger partial charge on any atom is -0.508 e. The summed E-state index contributed by atoms with van der Waals surface area (Å²) in [5.41, 5.74) is -2.26. The molecule has 0 spiro atoms. The molecule has 3 fully saturated rings. The average Bonchev–Trinajstić information content (AvgIpc) is 3.42. The van der Waals surface area contributed by atoms with E-state index in [4.69, 9.17) is 23.2 Å². The van der Waals surface area contributed by atoms with Gasteiger partial charge in [0, 0.05) is 28.1 Å². The molecule has 1 N–H and O–H groups in total. The highest BCUT2D eigenvalue weighted by Crippen LogP contribution is 2.67. The van der Waals surface area contributed by atoms with Crippen LogP contribution in [0.25, 0.3) is 0 Å². The number of benzene rings is 3. The van der Waals surface area contributed by atoms with Gasteiger partial charge in [-0.25, -0.2) is 26.9 Å². The number of halogens is 8. The molecule has 2 heterocycles. The van der Waals surface area contributed by atoms with Gasteiger partial charge < -0.3 is 5.11 Å². The summed E-state index contributed by atoms with van der Waals surface area (Å²) in [5.74, 6) is -23.1. The number of nitro groups is 1. The van der Waals surface area contributed by atoms with Crippen LogP contribution in [0.15, 0.2) is 58.6 Å². The lowest BCUT2D eigenvalue weighted by Gasteiger charge is -2.50. The van der Waals surface area contributed by atoms with Crippen molar-refractivity contribution in [2.24, 2.45) is 17.8 Å². The quantitative estimate of drug-likeness (QED) is 0.0463. The zero-order chi connectivity index (χ0) is 36.4. The van der Waals surface area contributed by atoms with Crippen LogP contribution in [0.1, 0.15) is 24.3 Å². The van der Waals surface area contributed by atoms with Gasteiger partial charge in [-0.15, -0.1) is 23.2 Å². The summed E-state index contributed by atoms with van der Waals surface area (Å²) in [6.45, 7) is 0. The van der Waals surface area contributed by atoms with Crippen molar-refractivity contribution in [2.75, 3.05) is 9.80 Å². The Labute approximate surface area is 295 Å². The minimum absolute atomic E-state index is 0.00423. The molecule has 10 nitrogen and oxygen atoms in total. The average molecular weight is 801 g/mol. The number of non-ortho nitro benzene ring substituents is 1. The number of fused-ring (bicyclic) bond motifs is 4. The maximum absolute atomic E-state index is 15.2. The minimum atomic E-state index is -2.80. The van der Waals surface area contributed by atoms with Crippen molar-refractivity contribution in [2.45, 2.75) is 28.5 Å². The zero-order valence-electron chi connectivity index (χ0n) is 24.6. The Morgan fingerprint density at radius 1 is 0.840 bits per heavy atom. The molecule has 7 rings (SSSR count). The summed E-state index contributed by atoms with van der Waals surface area (Å²) in [5, 5.41) is 22.2. The Morgan fingerprint density at radius 2 is 1.44 bits per heavy atom. The van der Waals surface area contributed by atoms with Crippen LogP contribution in [0.4, 0.5) is 39.0 Å². The van der Waals surface area contributed by atoms with Gasteiger partial charge in [0.15, 0.2) is 33.0 Å². The number of anilines is 2. The zero-order valence-corrected chi connectivity index (χ0v) is 27.7. The number of phenolic OH excluding ortho intramolecular Hbond substituents is 1. The first kappa shape index (κ1) is 34.1. The van der Waals surface area contributed by atoms with E-state index in [2.05, 4.69) is 15.9 Å². The van der Waals surface area contributed by atoms with Crippen LogP contribution in [0.5, 0.6) is 5.75 Å². The van der Waals surface area contributed by atoms with Gasteiger partial charge in [-0.3, -0.25) is 34.2 Å². The lowest BCUT2D eigenvalue weighted by atomic mass is 9.56. The summed E-state index contributed by atoms with van der Waals surface area (Å²) in [6, 6.07) is 8.45. The van der Waals surface area contributed by atoms with Crippen molar-refractivity contribution in [3.63, 3.8) is 0 Å². The highest BCUT2D eigenvalue weighted by molar-refractivity contribution is 9.10. The summed E-state index contributed by atoms with van der Waals surface area (Å²) in [7, 11) is 0. The highest BCUT2D eigenvalue weighted by Gasteiger charge is 2.77. The summed E-state index contributed by atoms with van der Waals surface area (Å²) in [6.07, 6.45) is 0.599. The lowest BCUT2D eigenvalue weighted by molar-refractivity contribution is -0.384. The fourth-order valence-electron chi connectivity index (χ4n) is 7.65. The standard InChI is InChI=1S/C32H17BrCl2F5N3O7/c33-11-1-8-18(44)16(9-11)20-14-6-7-15-19(28(46)41(27(15)45)12-2-4-13(5-3-12)43(49)50)17(14)10-31(34)29(47)42(30(48)32(20,31)35)26-24(39)22(37)21(36)23(38)25(26)40/h1-6,8-9,15,17,19-20,44H,7,10H2. The molecular formula is C32H17BrCl2F5N3O7. The molecule has 6 unspecified atom stereocenters. The van der Waals surface area contributed by atoms with Gasteiger partial charge >= 0.3 is 0 Å². The highest BCUT2D eigenvalue weighted by atomic mass is 79.9. The number of rotatable bonds is 4. The molecule has 3 aromatic carbocycles. The Hall–Kier alpha value is -4.41. The van der Waals surface area contributed by atoms with Gasteiger partial charge in [-0.1, -0.05) is 27.6 Å². The van der Waals surface area contributed by atoms with Gasteiger partial charge in [0.25, 0.3) is 17.5 Å². The normalized spacial score (nSPS) is 28.8. The van der Waals surface area contributed by atoms with Gasteiger partial charge in [0.2, 0.25) is 17.6 Å². The molecular weight excluding hydrogens is 784 g/mol. The van der Waals surface area contributed by atoms with Crippen molar-refractivity contribution in [1.82, 2.24) is 0 Å². The maximum atomic E-state index is 15.2. The molecule has 4 amide bonds. The molecule has 0 aromatic heterocycles. The molecule has 50 heavy (non-hydrogen) atoms. The van der Waals surface area contributed by atoms with Crippen molar-refractivity contribution >= 4 is 79.8 Å². The molecule has 258 valence electrons. The maximum Gasteiger partial charge on any atom is 0.269 e. The summed E-state index contributed by atoms with van der Waals surface area (Å²) >= 11 is 17.4. The number of carbonyl (C=O) groups excluding carboxylic acids is 4. The third-order valence-electron chi connectivity index (χ3n) is 9.84. The van der Waals surface area contributed by atoms with Crippen LogP contribution < -0.4 is 9.80 Å². The second-order valence-electron chi connectivity index (χ2n) is 12.2. The van der Waals surface area contributed by atoms with E-state index in [1.165, 1.54) is 36.4 Å². The van der Waals surface area contributed by atoms with Crippen LogP contribution in [0.3, 0.4) is 0 Å².